The molecule has 0 unspecified atom stereocenters. The summed E-state index contributed by atoms with van der Waals surface area (Å²) in [5, 5.41) is 16.1. The average molecular weight is 442 g/mol. The molecule has 0 radical (unpaired) electrons. The maximum Gasteiger partial charge on any atom is 0.346 e. The van der Waals surface area contributed by atoms with Crippen LogP contribution in [0, 0.1) is 0 Å². The molecule has 9 heteroatoms. The van der Waals surface area contributed by atoms with Crippen LogP contribution >= 0.6 is 23.2 Å². The second kappa shape index (κ2) is 9.02. The van der Waals surface area contributed by atoms with Gasteiger partial charge in [0.25, 0.3) is 0 Å². The lowest BCUT2D eigenvalue weighted by molar-refractivity contribution is 0.363. The first-order chi connectivity index (χ1) is 14.6. The summed E-state index contributed by atoms with van der Waals surface area (Å²) in [5.41, 5.74) is 2.56. The molecule has 3 aromatic carbocycles. The fourth-order valence-corrected chi connectivity index (χ4v) is 3.28. The van der Waals surface area contributed by atoms with Gasteiger partial charge in [-0.25, -0.2) is 0 Å². The normalized spacial score (nSPS) is 10.6. The van der Waals surface area contributed by atoms with Gasteiger partial charge >= 0.3 is 6.01 Å². The number of methoxy groups -OCH3 is 1. The second-order valence-electron chi connectivity index (χ2n) is 6.27. The Morgan fingerprint density at radius 1 is 0.967 bits per heavy atom. The molecule has 0 amide bonds. The summed E-state index contributed by atoms with van der Waals surface area (Å²) in [6.45, 7) is 0.541. The van der Waals surface area contributed by atoms with E-state index in [0.717, 1.165) is 16.9 Å². The topological polar surface area (TPSA) is 74.1 Å². The smallest absolute Gasteiger partial charge is 0.346 e. The minimum atomic E-state index is 0.235. The number of hydrogen-bond donors (Lipinski definition) is 1. The van der Waals surface area contributed by atoms with Gasteiger partial charge in [-0.3, -0.25) is 0 Å². The Morgan fingerprint density at radius 2 is 1.80 bits per heavy atom. The Kier molecular flexibility index (Phi) is 6.02. The third-order valence-corrected chi connectivity index (χ3v) is 4.83. The highest BCUT2D eigenvalue weighted by molar-refractivity contribution is 6.36. The van der Waals surface area contributed by atoms with Crippen LogP contribution in [-0.4, -0.2) is 27.3 Å². The van der Waals surface area contributed by atoms with Crippen molar-refractivity contribution in [3.8, 4) is 23.2 Å². The monoisotopic (exact) mass is 441 g/mol. The van der Waals surface area contributed by atoms with Crippen LogP contribution in [0.5, 0.6) is 17.5 Å². The number of halogens is 2. The predicted molar refractivity (Wildman–Crippen MR) is 116 cm³/mol. The number of aromatic nitrogens is 4. The molecule has 0 aliphatic carbocycles. The Morgan fingerprint density at radius 3 is 2.57 bits per heavy atom. The Balaban J connectivity index is 1.51. The van der Waals surface area contributed by atoms with E-state index in [4.69, 9.17) is 32.7 Å². The lowest BCUT2D eigenvalue weighted by Crippen LogP contribution is -2.03. The van der Waals surface area contributed by atoms with Crippen molar-refractivity contribution in [3.05, 3.63) is 82.3 Å². The van der Waals surface area contributed by atoms with E-state index in [9.17, 15) is 0 Å². The number of tetrazole rings is 1. The minimum Gasteiger partial charge on any atom is -0.493 e. The van der Waals surface area contributed by atoms with Gasteiger partial charge < -0.3 is 14.8 Å². The molecule has 1 heterocycles. The molecule has 152 valence electrons. The van der Waals surface area contributed by atoms with Crippen molar-refractivity contribution in [2.45, 2.75) is 6.54 Å². The molecular formula is C21H17Cl2N5O2. The molecule has 0 aliphatic heterocycles. The van der Waals surface area contributed by atoms with Gasteiger partial charge in [0, 0.05) is 11.6 Å². The van der Waals surface area contributed by atoms with Gasteiger partial charge in [0.15, 0.2) is 11.5 Å². The zero-order valence-corrected chi connectivity index (χ0v) is 17.4. The van der Waals surface area contributed by atoms with E-state index in [1.165, 1.54) is 4.68 Å². The lowest BCUT2D eigenvalue weighted by atomic mass is 10.2. The van der Waals surface area contributed by atoms with Crippen LogP contribution in [0.15, 0.2) is 66.7 Å². The molecule has 4 aromatic rings. The summed E-state index contributed by atoms with van der Waals surface area (Å²) in [5.74, 6) is 1.05. The molecule has 0 saturated carbocycles. The van der Waals surface area contributed by atoms with E-state index in [1.807, 2.05) is 54.6 Å². The third-order valence-electron chi connectivity index (χ3n) is 4.29. The number of hydrogen-bond acceptors (Lipinski definition) is 6. The van der Waals surface area contributed by atoms with Gasteiger partial charge in [-0.2, -0.15) is 4.68 Å². The molecule has 7 nitrogen and oxygen atoms in total. The summed E-state index contributed by atoms with van der Waals surface area (Å²) in [7, 11) is 1.58. The first kappa shape index (κ1) is 20.0. The molecule has 0 atom stereocenters. The maximum atomic E-state index is 6.21. The van der Waals surface area contributed by atoms with E-state index in [-0.39, 0.29) is 6.01 Å². The number of nitrogens with one attached hydrogen (secondary N) is 1. The molecule has 30 heavy (non-hydrogen) atoms. The maximum absolute atomic E-state index is 6.21. The van der Waals surface area contributed by atoms with Crippen LogP contribution in [0.2, 0.25) is 10.0 Å². The van der Waals surface area contributed by atoms with Gasteiger partial charge in [-0.1, -0.05) is 52.6 Å². The van der Waals surface area contributed by atoms with Crippen LogP contribution in [0.3, 0.4) is 0 Å². The zero-order valence-electron chi connectivity index (χ0n) is 15.9. The highest BCUT2D eigenvalue weighted by Gasteiger charge is 2.14. The quantitative estimate of drug-likeness (QED) is 0.414. The largest absolute Gasteiger partial charge is 0.493 e. The van der Waals surface area contributed by atoms with Gasteiger partial charge in [-0.15, -0.1) is 0 Å². The molecule has 0 aliphatic rings. The number of nitrogens with zero attached hydrogens (tertiary/aromatic N) is 4. The summed E-state index contributed by atoms with van der Waals surface area (Å²) in [4.78, 5) is 0. The van der Waals surface area contributed by atoms with E-state index in [2.05, 4.69) is 20.8 Å². The molecule has 4 rings (SSSR count). The van der Waals surface area contributed by atoms with Crippen LogP contribution in [0.4, 0.5) is 5.69 Å². The van der Waals surface area contributed by atoms with Crippen molar-refractivity contribution in [1.82, 2.24) is 20.2 Å². The Bertz CT molecular complexity index is 1150. The van der Waals surface area contributed by atoms with Crippen LogP contribution < -0.4 is 14.8 Å². The standard InChI is InChI=1S/C21H17Cl2N5O2/c1-29-20-11-14(13-24-18-9-8-15(22)12-17(18)23)7-10-19(20)30-21-25-26-27-28(21)16-5-3-2-4-6-16/h2-12,24H,13H2,1H3. The first-order valence-electron chi connectivity index (χ1n) is 9.01. The molecule has 0 spiro atoms. The SMILES string of the molecule is COc1cc(CNc2ccc(Cl)cc2Cl)ccc1Oc1nnnn1-c1ccccc1. The zero-order chi connectivity index (χ0) is 20.9. The number of anilines is 1. The van der Waals surface area contributed by atoms with Crippen molar-refractivity contribution in [3.63, 3.8) is 0 Å². The number of para-hydroxylation sites is 1. The van der Waals surface area contributed by atoms with Gasteiger partial charge in [0.1, 0.15) is 0 Å². The van der Waals surface area contributed by atoms with Crippen LogP contribution in [0.1, 0.15) is 5.56 Å². The number of ether oxygens (including phenoxy) is 2. The van der Waals surface area contributed by atoms with Gasteiger partial charge in [-0.05, 0) is 58.5 Å². The van der Waals surface area contributed by atoms with Crippen LogP contribution in [-0.2, 0) is 6.54 Å². The van der Waals surface area contributed by atoms with Crippen molar-refractivity contribution in [1.29, 1.82) is 0 Å². The summed E-state index contributed by atoms with van der Waals surface area (Å²) in [6.07, 6.45) is 0. The van der Waals surface area contributed by atoms with Gasteiger partial charge in [0.05, 0.1) is 23.5 Å². The van der Waals surface area contributed by atoms with Crippen molar-refractivity contribution < 1.29 is 9.47 Å². The molecular weight excluding hydrogens is 425 g/mol. The summed E-state index contributed by atoms with van der Waals surface area (Å²) in [6, 6.07) is 20.6. The lowest BCUT2D eigenvalue weighted by Gasteiger charge is -2.13. The second-order valence-corrected chi connectivity index (χ2v) is 7.12. The van der Waals surface area contributed by atoms with Crippen molar-refractivity contribution in [2.75, 3.05) is 12.4 Å². The Labute approximate surface area is 183 Å². The highest BCUT2D eigenvalue weighted by Crippen LogP contribution is 2.33. The van der Waals surface area contributed by atoms with E-state index >= 15 is 0 Å². The molecule has 0 fully saturated rings. The van der Waals surface area contributed by atoms with Crippen molar-refractivity contribution in [2.24, 2.45) is 0 Å². The molecule has 0 bridgehead atoms. The predicted octanol–water partition coefficient (Wildman–Crippen LogP) is 5.38. The average Bonchev–Trinajstić information content (AvgIpc) is 3.22. The molecule has 0 saturated heterocycles. The first-order valence-corrected chi connectivity index (χ1v) is 9.77. The number of rotatable bonds is 7. The highest BCUT2D eigenvalue weighted by atomic mass is 35.5. The third kappa shape index (κ3) is 4.48. The summed E-state index contributed by atoms with van der Waals surface area (Å²) >= 11 is 12.2. The summed E-state index contributed by atoms with van der Waals surface area (Å²) < 4.78 is 12.9. The number of benzene rings is 3. The molecule has 1 aromatic heterocycles. The van der Waals surface area contributed by atoms with E-state index in [1.54, 1.807) is 19.2 Å². The van der Waals surface area contributed by atoms with Crippen molar-refractivity contribution >= 4 is 28.9 Å². The van der Waals surface area contributed by atoms with Gasteiger partial charge in [0.2, 0.25) is 0 Å². The van der Waals surface area contributed by atoms with E-state index in [0.29, 0.717) is 28.1 Å². The van der Waals surface area contributed by atoms with Crippen LogP contribution in [0.25, 0.3) is 5.69 Å². The van der Waals surface area contributed by atoms with E-state index < -0.39 is 0 Å². The fourth-order valence-electron chi connectivity index (χ4n) is 2.81. The fraction of sp³-hybridized carbons (Fsp3) is 0.0952. The minimum absolute atomic E-state index is 0.235. The Hall–Kier alpha value is -3.29. The molecule has 1 N–H and O–H groups in total.